The van der Waals surface area contributed by atoms with Crippen LogP contribution in [0.1, 0.15) is 24.1 Å². The lowest BCUT2D eigenvalue weighted by Crippen LogP contribution is -2.32. The minimum absolute atomic E-state index is 0.612. The van der Waals surface area contributed by atoms with E-state index in [1.54, 1.807) is 0 Å². The molecule has 0 atom stereocenters. The van der Waals surface area contributed by atoms with E-state index in [0.717, 1.165) is 30.7 Å². The number of pyridine rings is 1. The fourth-order valence-electron chi connectivity index (χ4n) is 1.79. The molecule has 0 aliphatic heterocycles. The molecule has 1 aliphatic carbocycles. The summed E-state index contributed by atoms with van der Waals surface area (Å²) in [5.74, 6) is 0. The number of hydrogen-bond donors (Lipinski definition) is 1. The molecule has 17 heavy (non-hydrogen) atoms. The van der Waals surface area contributed by atoms with Gasteiger partial charge in [-0.25, -0.2) is 0 Å². The van der Waals surface area contributed by atoms with Crippen LogP contribution in [-0.2, 0) is 6.42 Å². The summed E-state index contributed by atoms with van der Waals surface area (Å²) in [5, 5.41) is 4.98. The molecule has 0 radical (unpaired) electrons. The summed E-state index contributed by atoms with van der Waals surface area (Å²) in [5.41, 5.74) is 6.17. The van der Waals surface area contributed by atoms with Crippen molar-refractivity contribution in [1.82, 2.24) is 15.3 Å². The molecule has 1 aromatic rings. The molecule has 1 aliphatic rings. The number of aryl methyl sites for hydroxylation is 1. The van der Waals surface area contributed by atoms with Gasteiger partial charge in [-0.3, -0.25) is 10.4 Å². The minimum atomic E-state index is 0.612. The Morgan fingerprint density at radius 3 is 3.06 bits per heavy atom. The lowest BCUT2D eigenvalue weighted by molar-refractivity contribution is 0.605. The molecule has 2 rings (SSSR count). The van der Waals surface area contributed by atoms with Crippen LogP contribution in [0.15, 0.2) is 23.4 Å². The molecular formula is C12H16N4S. The van der Waals surface area contributed by atoms with E-state index in [1.165, 1.54) is 5.56 Å². The number of fused-ring (bicyclic) bond motifs is 1. The maximum Gasteiger partial charge on any atom is 0.189 e. The Kier molecular flexibility index (Phi) is 3.68. The van der Waals surface area contributed by atoms with E-state index in [1.807, 2.05) is 31.3 Å². The van der Waals surface area contributed by atoms with Crippen molar-refractivity contribution in [3.63, 3.8) is 0 Å². The fraction of sp³-hybridized carbons (Fsp3) is 0.417. The summed E-state index contributed by atoms with van der Waals surface area (Å²) in [6.07, 6.45) is 4.96. The SMILES string of the molecule is CN(C)C(=S)N/N=C1\CCCc2cccnc21. The van der Waals surface area contributed by atoms with E-state index in [2.05, 4.69) is 21.6 Å². The molecule has 1 heterocycles. The van der Waals surface area contributed by atoms with Gasteiger partial charge in [0.1, 0.15) is 0 Å². The first kappa shape index (κ1) is 12.0. The van der Waals surface area contributed by atoms with Gasteiger partial charge in [0.15, 0.2) is 5.11 Å². The average Bonchev–Trinajstić information content (AvgIpc) is 2.35. The number of thiocarbonyl (C=S) groups is 1. The van der Waals surface area contributed by atoms with E-state index >= 15 is 0 Å². The second-order valence-corrected chi connectivity index (χ2v) is 4.62. The Bertz CT molecular complexity index is 454. The maximum absolute atomic E-state index is 5.13. The molecule has 1 aromatic heterocycles. The summed E-state index contributed by atoms with van der Waals surface area (Å²) in [6, 6.07) is 4.08. The zero-order chi connectivity index (χ0) is 12.3. The Morgan fingerprint density at radius 1 is 1.47 bits per heavy atom. The number of nitrogens with zero attached hydrogens (tertiary/aromatic N) is 3. The van der Waals surface area contributed by atoms with Crippen LogP contribution >= 0.6 is 12.2 Å². The van der Waals surface area contributed by atoms with E-state index < -0.39 is 0 Å². The first-order valence-electron chi connectivity index (χ1n) is 5.66. The van der Waals surface area contributed by atoms with Crippen molar-refractivity contribution in [2.45, 2.75) is 19.3 Å². The predicted octanol–water partition coefficient (Wildman–Crippen LogP) is 1.56. The average molecular weight is 248 g/mol. The van der Waals surface area contributed by atoms with Crippen LogP contribution in [0.3, 0.4) is 0 Å². The van der Waals surface area contributed by atoms with Gasteiger partial charge in [-0.1, -0.05) is 6.07 Å². The number of hydrazone groups is 1. The summed E-state index contributed by atoms with van der Waals surface area (Å²) in [6.45, 7) is 0. The summed E-state index contributed by atoms with van der Waals surface area (Å²) >= 11 is 5.13. The molecule has 0 amide bonds. The first-order valence-corrected chi connectivity index (χ1v) is 6.07. The largest absolute Gasteiger partial charge is 0.354 e. The summed E-state index contributed by atoms with van der Waals surface area (Å²) in [7, 11) is 3.78. The van der Waals surface area contributed by atoms with Crippen molar-refractivity contribution in [2.24, 2.45) is 5.10 Å². The molecule has 90 valence electrons. The van der Waals surface area contributed by atoms with Gasteiger partial charge in [0.05, 0.1) is 11.4 Å². The van der Waals surface area contributed by atoms with Gasteiger partial charge in [0.25, 0.3) is 0 Å². The standard InChI is InChI=1S/C12H16N4S/c1-16(2)12(17)15-14-10-7-3-5-9-6-4-8-13-11(9)10/h4,6,8H,3,5,7H2,1-2H3,(H,15,17)/b14-10+. The van der Waals surface area contributed by atoms with Crippen molar-refractivity contribution in [1.29, 1.82) is 0 Å². The molecule has 5 heteroatoms. The molecular weight excluding hydrogens is 232 g/mol. The highest BCUT2D eigenvalue weighted by Crippen LogP contribution is 2.18. The highest BCUT2D eigenvalue weighted by Gasteiger charge is 2.16. The third-order valence-electron chi connectivity index (χ3n) is 2.72. The van der Waals surface area contributed by atoms with Crippen LogP contribution < -0.4 is 5.43 Å². The van der Waals surface area contributed by atoms with E-state index in [0.29, 0.717) is 5.11 Å². The molecule has 0 aromatic carbocycles. The topological polar surface area (TPSA) is 40.5 Å². The van der Waals surface area contributed by atoms with Crippen molar-refractivity contribution < 1.29 is 0 Å². The fourth-order valence-corrected chi connectivity index (χ4v) is 1.83. The number of hydrogen-bond acceptors (Lipinski definition) is 3. The second kappa shape index (κ2) is 5.23. The van der Waals surface area contributed by atoms with Gasteiger partial charge in [-0.15, -0.1) is 0 Å². The Morgan fingerprint density at radius 2 is 2.29 bits per heavy atom. The number of nitrogens with one attached hydrogen (secondary N) is 1. The molecule has 4 nitrogen and oxygen atoms in total. The highest BCUT2D eigenvalue weighted by molar-refractivity contribution is 7.80. The molecule has 0 bridgehead atoms. The number of aromatic nitrogens is 1. The zero-order valence-electron chi connectivity index (χ0n) is 10.1. The Balaban J connectivity index is 2.18. The van der Waals surface area contributed by atoms with Crippen LogP contribution in [0.5, 0.6) is 0 Å². The highest BCUT2D eigenvalue weighted by atomic mass is 32.1. The normalized spacial score (nSPS) is 16.5. The number of rotatable bonds is 1. The molecule has 0 spiro atoms. The van der Waals surface area contributed by atoms with Crippen molar-refractivity contribution in [2.75, 3.05) is 14.1 Å². The van der Waals surface area contributed by atoms with Crippen LogP contribution in [-0.4, -0.2) is 34.8 Å². The minimum Gasteiger partial charge on any atom is -0.354 e. The quantitative estimate of drug-likeness (QED) is 0.605. The Hall–Kier alpha value is -1.49. The van der Waals surface area contributed by atoms with Crippen LogP contribution in [0.4, 0.5) is 0 Å². The first-order chi connectivity index (χ1) is 8.18. The zero-order valence-corrected chi connectivity index (χ0v) is 10.9. The van der Waals surface area contributed by atoms with Gasteiger partial charge < -0.3 is 4.90 Å². The predicted molar refractivity (Wildman–Crippen MR) is 73.1 cm³/mol. The van der Waals surface area contributed by atoms with E-state index in [9.17, 15) is 0 Å². The van der Waals surface area contributed by atoms with Crippen LogP contribution in [0.25, 0.3) is 0 Å². The molecule has 1 N–H and O–H groups in total. The van der Waals surface area contributed by atoms with Crippen molar-refractivity contribution >= 4 is 23.0 Å². The molecule has 0 saturated heterocycles. The van der Waals surface area contributed by atoms with Gasteiger partial charge in [-0.05, 0) is 43.1 Å². The molecule has 0 fully saturated rings. The van der Waals surface area contributed by atoms with Gasteiger partial charge in [-0.2, -0.15) is 5.10 Å². The van der Waals surface area contributed by atoms with Gasteiger partial charge in [0, 0.05) is 20.3 Å². The monoisotopic (exact) mass is 248 g/mol. The van der Waals surface area contributed by atoms with Crippen molar-refractivity contribution in [3.8, 4) is 0 Å². The molecule has 0 unspecified atom stereocenters. The summed E-state index contributed by atoms with van der Waals surface area (Å²) < 4.78 is 0. The molecule has 0 saturated carbocycles. The van der Waals surface area contributed by atoms with Crippen molar-refractivity contribution in [3.05, 3.63) is 29.6 Å². The van der Waals surface area contributed by atoms with Gasteiger partial charge in [0.2, 0.25) is 0 Å². The second-order valence-electron chi connectivity index (χ2n) is 4.23. The van der Waals surface area contributed by atoms with E-state index in [4.69, 9.17) is 12.2 Å². The third kappa shape index (κ3) is 2.79. The summed E-state index contributed by atoms with van der Waals surface area (Å²) in [4.78, 5) is 6.22. The van der Waals surface area contributed by atoms with Gasteiger partial charge >= 0.3 is 0 Å². The lowest BCUT2D eigenvalue weighted by Gasteiger charge is -2.17. The third-order valence-corrected chi connectivity index (χ3v) is 3.17. The van der Waals surface area contributed by atoms with Crippen LogP contribution in [0, 0.1) is 0 Å². The van der Waals surface area contributed by atoms with E-state index in [-0.39, 0.29) is 0 Å². The maximum atomic E-state index is 5.13. The Labute approximate surface area is 107 Å². The smallest absolute Gasteiger partial charge is 0.189 e. The van der Waals surface area contributed by atoms with Crippen LogP contribution in [0.2, 0.25) is 0 Å². The lowest BCUT2D eigenvalue weighted by atomic mass is 9.95.